The van der Waals surface area contributed by atoms with E-state index in [2.05, 4.69) is 43.8 Å². The van der Waals surface area contributed by atoms with Gasteiger partial charge < -0.3 is 4.90 Å². The Morgan fingerprint density at radius 1 is 1.17 bits per heavy atom. The third-order valence-electron chi connectivity index (χ3n) is 4.39. The van der Waals surface area contributed by atoms with Gasteiger partial charge >= 0.3 is 0 Å². The topological polar surface area (TPSA) is 52.8 Å². The lowest BCUT2D eigenvalue weighted by Gasteiger charge is -2.38. The van der Waals surface area contributed by atoms with Gasteiger partial charge in [-0.25, -0.2) is 0 Å². The Kier molecular flexibility index (Phi) is 5.02. The lowest BCUT2D eigenvalue weighted by molar-refractivity contribution is 0.301. The third-order valence-corrected chi connectivity index (χ3v) is 5.33. The van der Waals surface area contributed by atoms with Crippen LogP contribution >= 0.6 is 34.2 Å². The predicted octanol–water partition coefficient (Wildman–Crippen LogP) is 4.09. The van der Waals surface area contributed by atoms with Crippen molar-refractivity contribution in [3.05, 3.63) is 50.7 Å². The smallest absolute Gasteiger partial charge is 0.151 e. The number of rotatable bonds is 3. The highest BCUT2D eigenvalue weighted by Crippen LogP contribution is 2.37. The summed E-state index contributed by atoms with van der Waals surface area (Å²) in [4.78, 5) is 2.20. The van der Waals surface area contributed by atoms with Gasteiger partial charge in [-0.15, -0.1) is 10.2 Å². The molecule has 2 heterocycles. The molecule has 0 bridgehead atoms. The molecule has 1 aliphatic heterocycles. The fourth-order valence-electron chi connectivity index (χ4n) is 2.98. The molecule has 6 heteroatoms. The Bertz CT molecular complexity index is 718. The van der Waals surface area contributed by atoms with Gasteiger partial charge in [0.05, 0.1) is 11.5 Å². The van der Waals surface area contributed by atoms with Crippen LogP contribution in [0.15, 0.2) is 36.4 Å². The molecule has 1 fully saturated rings. The van der Waals surface area contributed by atoms with Crippen molar-refractivity contribution in [2.45, 2.75) is 19.3 Å². The molecule has 0 aliphatic carbocycles. The highest BCUT2D eigenvalue weighted by atomic mass is 127. The van der Waals surface area contributed by atoms with Crippen LogP contribution in [-0.2, 0) is 6.42 Å². The summed E-state index contributed by atoms with van der Waals surface area (Å²) >= 11 is 8.41. The van der Waals surface area contributed by atoms with Gasteiger partial charge in [0.15, 0.2) is 5.82 Å². The molecule has 2 aromatic rings. The highest BCUT2D eigenvalue weighted by Gasteiger charge is 2.35. The van der Waals surface area contributed by atoms with Gasteiger partial charge in [0, 0.05) is 18.1 Å². The van der Waals surface area contributed by atoms with Crippen LogP contribution in [-0.4, -0.2) is 23.3 Å². The van der Waals surface area contributed by atoms with Crippen LogP contribution in [0.4, 0.5) is 5.82 Å². The van der Waals surface area contributed by atoms with Gasteiger partial charge in [-0.05, 0) is 65.6 Å². The normalized spacial score (nSPS) is 16.8. The van der Waals surface area contributed by atoms with Crippen LogP contribution in [0.3, 0.4) is 0 Å². The fraction of sp³-hybridized carbons (Fsp3) is 0.353. The molecule has 118 valence electrons. The molecular weight excluding hydrogens is 423 g/mol. The predicted molar refractivity (Wildman–Crippen MR) is 99.4 cm³/mol. The third kappa shape index (κ3) is 3.75. The Morgan fingerprint density at radius 2 is 1.91 bits per heavy atom. The van der Waals surface area contributed by atoms with Gasteiger partial charge in [-0.2, -0.15) is 5.26 Å². The van der Waals surface area contributed by atoms with Crippen LogP contribution in [0.5, 0.6) is 0 Å². The second-order valence-corrected chi connectivity index (χ2v) is 7.37. The van der Waals surface area contributed by atoms with Crippen molar-refractivity contribution in [2.75, 3.05) is 18.0 Å². The highest BCUT2D eigenvalue weighted by molar-refractivity contribution is 14.1. The summed E-state index contributed by atoms with van der Waals surface area (Å²) < 4.78 is 0.883. The largest absolute Gasteiger partial charge is 0.355 e. The molecule has 3 rings (SSSR count). The SMILES string of the molecule is N#CC1(Cc2ccccc2Cl)CCN(c2ccc(I)nn2)CC1. The van der Waals surface area contributed by atoms with Crippen molar-refractivity contribution in [3.63, 3.8) is 0 Å². The number of piperidine rings is 1. The molecule has 0 atom stereocenters. The molecule has 1 aromatic carbocycles. The minimum Gasteiger partial charge on any atom is -0.355 e. The summed E-state index contributed by atoms with van der Waals surface area (Å²) in [5, 5.41) is 18.8. The zero-order chi connectivity index (χ0) is 16.3. The van der Waals surface area contributed by atoms with E-state index in [1.165, 1.54) is 0 Å². The van der Waals surface area contributed by atoms with E-state index in [0.29, 0.717) is 6.42 Å². The molecule has 1 saturated heterocycles. The summed E-state index contributed by atoms with van der Waals surface area (Å²) in [6.45, 7) is 1.63. The molecule has 4 nitrogen and oxygen atoms in total. The minimum absolute atomic E-state index is 0.349. The lowest BCUT2D eigenvalue weighted by atomic mass is 9.75. The summed E-state index contributed by atoms with van der Waals surface area (Å²) in [6.07, 6.45) is 2.32. The van der Waals surface area contributed by atoms with E-state index in [9.17, 15) is 5.26 Å². The molecule has 1 aliphatic rings. The van der Waals surface area contributed by atoms with Crippen molar-refractivity contribution >= 4 is 40.0 Å². The van der Waals surface area contributed by atoms with Gasteiger partial charge in [0.25, 0.3) is 0 Å². The van der Waals surface area contributed by atoms with E-state index < -0.39 is 0 Å². The standard InChI is InChI=1S/C17H16ClIN4/c18-14-4-2-1-3-13(14)11-17(12-20)7-9-23(10-8-17)16-6-5-15(19)21-22-16/h1-6H,7-11H2. The van der Waals surface area contributed by atoms with Crippen LogP contribution in [0, 0.1) is 20.4 Å². The first-order valence-corrected chi connectivity index (χ1v) is 8.96. The first-order valence-electron chi connectivity index (χ1n) is 7.51. The molecule has 0 amide bonds. The Balaban J connectivity index is 1.71. The first kappa shape index (κ1) is 16.5. The average molecular weight is 439 g/mol. The van der Waals surface area contributed by atoms with Crippen LogP contribution in [0.1, 0.15) is 18.4 Å². The maximum Gasteiger partial charge on any atom is 0.151 e. The summed E-state index contributed by atoms with van der Waals surface area (Å²) in [7, 11) is 0. The maximum absolute atomic E-state index is 9.75. The summed E-state index contributed by atoms with van der Waals surface area (Å²) in [5.74, 6) is 0.884. The maximum atomic E-state index is 9.75. The minimum atomic E-state index is -0.349. The molecule has 0 unspecified atom stereocenters. The van der Waals surface area contributed by atoms with E-state index in [1.54, 1.807) is 0 Å². The van der Waals surface area contributed by atoms with E-state index in [1.807, 2.05) is 36.4 Å². The Morgan fingerprint density at radius 3 is 2.52 bits per heavy atom. The first-order chi connectivity index (χ1) is 11.1. The van der Waals surface area contributed by atoms with E-state index in [4.69, 9.17) is 11.6 Å². The second kappa shape index (κ2) is 7.02. The van der Waals surface area contributed by atoms with Crippen molar-refractivity contribution in [3.8, 4) is 6.07 Å². The van der Waals surface area contributed by atoms with E-state index >= 15 is 0 Å². The van der Waals surface area contributed by atoms with Gasteiger partial charge in [0.1, 0.15) is 3.70 Å². The van der Waals surface area contributed by atoms with Crippen molar-refractivity contribution in [1.82, 2.24) is 10.2 Å². The van der Waals surface area contributed by atoms with Gasteiger partial charge in [-0.3, -0.25) is 0 Å². The Hall–Kier alpha value is -1.39. The van der Waals surface area contributed by atoms with E-state index in [0.717, 1.165) is 46.0 Å². The molecule has 0 radical (unpaired) electrons. The number of hydrogen-bond donors (Lipinski definition) is 0. The fourth-order valence-corrected chi connectivity index (χ4v) is 3.47. The van der Waals surface area contributed by atoms with Crippen LogP contribution in [0.25, 0.3) is 0 Å². The van der Waals surface area contributed by atoms with Crippen LogP contribution in [0.2, 0.25) is 5.02 Å². The molecule has 0 spiro atoms. The number of nitrogens with zero attached hydrogens (tertiary/aromatic N) is 4. The number of benzene rings is 1. The Labute approximate surface area is 154 Å². The number of aromatic nitrogens is 2. The van der Waals surface area contributed by atoms with E-state index in [-0.39, 0.29) is 5.41 Å². The number of hydrogen-bond acceptors (Lipinski definition) is 4. The second-order valence-electron chi connectivity index (χ2n) is 5.86. The van der Waals surface area contributed by atoms with Gasteiger partial charge in [0.2, 0.25) is 0 Å². The van der Waals surface area contributed by atoms with Crippen molar-refractivity contribution < 1.29 is 0 Å². The summed E-state index contributed by atoms with van der Waals surface area (Å²) in [5.41, 5.74) is 0.705. The quantitative estimate of drug-likeness (QED) is 0.678. The number of anilines is 1. The van der Waals surface area contributed by atoms with Crippen molar-refractivity contribution in [1.29, 1.82) is 5.26 Å². The lowest BCUT2D eigenvalue weighted by Crippen LogP contribution is -2.41. The monoisotopic (exact) mass is 438 g/mol. The molecule has 0 saturated carbocycles. The molecule has 0 N–H and O–H groups in total. The zero-order valence-electron chi connectivity index (χ0n) is 12.5. The molecule has 23 heavy (non-hydrogen) atoms. The average Bonchev–Trinajstić information content (AvgIpc) is 2.58. The number of halogens is 2. The van der Waals surface area contributed by atoms with Crippen LogP contribution < -0.4 is 4.90 Å². The molecular formula is C17H16ClIN4. The summed E-state index contributed by atoms with van der Waals surface area (Å²) in [6, 6.07) is 14.3. The van der Waals surface area contributed by atoms with Crippen molar-refractivity contribution in [2.24, 2.45) is 5.41 Å². The zero-order valence-corrected chi connectivity index (χ0v) is 15.5. The number of nitriles is 1. The molecule has 1 aromatic heterocycles. The van der Waals surface area contributed by atoms with Gasteiger partial charge in [-0.1, -0.05) is 29.8 Å².